The lowest BCUT2D eigenvalue weighted by molar-refractivity contribution is 0.893. The Kier molecular flexibility index (Phi) is 1.05. The van der Waals surface area contributed by atoms with E-state index in [1.807, 2.05) is 7.05 Å². The van der Waals surface area contributed by atoms with Crippen LogP contribution < -0.4 is 0 Å². The highest BCUT2D eigenvalue weighted by Gasteiger charge is 1.88. The monoisotopic (exact) mass is 105 g/mol. The summed E-state index contributed by atoms with van der Waals surface area (Å²) in [5.41, 5.74) is 0. The largest absolute Gasteiger partial charge is 0.327 e. The van der Waals surface area contributed by atoms with Crippen molar-refractivity contribution in [2.45, 2.75) is 0 Å². The molecular weight excluding hydrogens is 100 g/mol. The molecule has 0 aliphatic heterocycles. The first-order valence-electron chi connectivity index (χ1n) is 2.24. The van der Waals surface area contributed by atoms with Crippen molar-refractivity contribution in [1.29, 1.82) is 0 Å². The van der Waals surface area contributed by atoms with Crippen LogP contribution in [0.5, 0.6) is 0 Å². The molecule has 0 aliphatic carbocycles. The van der Waals surface area contributed by atoms with Crippen molar-refractivity contribution in [2.75, 3.05) is 0 Å². The molecule has 2 heteroatoms. The smallest absolute Gasteiger partial charge is 0.186 e. The van der Waals surface area contributed by atoms with Crippen molar-refractivity contribution in [2.24, 2.45) is 7.05 Å². The zero-order valence-corrected chi connectivity index (χ0v) is 4.55. The second kappa shape index (κ2) is 1.71. The minimum atomic E-state index is 0.560. The van der Waals surface area contributed by atoms with Crippen LogP contribution >= 0.6 is 0 Å². The summed E-state index contributed by atoms with van der Waals surface area (Å²) in [7, 11) is 1.82. The third-order valence-corrected chi connectivity index (χ3v) is 0.933. The average molecular weight is 105 g/mol. The minimum Gasteiger partial charge on any atom is -0.327 e. The van der Waals surface area contributed by atoms with E-state index in [-0.39, 0.29) is 0 Å². The van der Waals surface area contributed by atoms with Crippen molar-refractivity contribution in [1.82, 2.24) is 9.55 Å². The molecule has 0 spiro atoms. The van der Waals surface area contributed by atoms with Crippen molar-refractivity contribution >= 4 is 0 Å². The van der Waals surface area contributed by atoms with Crippen LogP contribution in [0, 0.1) is 12.3 Å². The maximum Gasteiger partial charge on any atom is 0.186 e. The van der Waals surface area contributed by atoms with E-state index in [0.29, 0.717) is 5.82 Å². The number of nitrogens with zero attached hydrogens (tertiary/aromatic N) is 2. The van der Waals surface area contributed by atoms with Gasteiger partial charge in [-0.25, -0.2) is 4.98 Å². The Morgan fingerprint density at radius 1 is 1.88 bits per heavy atom. The number of aromatic nitrogens is 2. The van der Waals surface area contributed by atoms with E-state index in [1.54, 1.807) is 17.0 Å². The second-order valence-corrected chi connectivity index (χ2v) is 1.49. The van der Waals surface area contributed by atoms with Gasteiger partial charge in [-0.15, -0.1) is 0 Å². The molecule has 1 aromatic heterocycles. The molecule has 2 nitrogen and oxygen atoms in total. The normalized spacial score (nSPS) is 8.50. The Morgan fingerprint density at radius 2 is 2.62 bits per heavy atom. The molecule has 0 aliphatic rings. The predicted molar refractivity (Wildman–Crippen MR) is 29.4 cm³/mol. The number of aryl methyl sites for hydroxylation is 1. The molecule has 1 aromatic rings. The van der Waals surface area contributed by atoms with E-state index in [4.69, 9.17) is 6.42 Å². The van der Waals surface area contributed by atoms with Crippen LogP contribution in [0.4, 0.5) is 0 Å². The number of hydrogen-bond acceptors (Lipinski definition) is 1. The standard InChI is InChI=1S/C6H5N2/c1-3-6-7-4-5-8(6)2/h4-5H,2H3. The van der Waals surface area contributed by atoms with Gasteiger partial charge in [0.15, 0.2) is 5.82 Å². The van der Waals surface area contributed by atoms with Gasteiger partial charge in [0, 0.05) is 19.4 Å². The minimum absolute atomic E-state index is 0.560. The predicted octanol–water partition coefficient (Wildman–Crippen LogP) is 0.358. The molecule has 1 heterocycles. The fraction of sp³-hybridized carbons (Fsp3) is 0.167. The fourth-order valence-corrected chi connectivity index (χ4v) is 0.486. The summed E-state index contributed by atoms with van der Waals surface area (Å²) in [6, 6.07) is 0. The van der Waals surface area contributed by atoms with Gasteiger partial charge < -0.3 is 4.57 Å². The Bertz CT molecular complexity index is 217. The molecule has 0 atom stereocenters. The third kappa shape index (κ3) is 0.584. The van der Waals surface area contributed by atoms with Crippen LogP contribution in [0.2, 0.25) is 0 Å². The zero-order valence-electron chi connectivity index (χ0n) is 4.55. The average Bonchev–Trinajstić information content (AvgIpc) is 2.14. The quantitative estimate of drug-likeness (QED) is 0.435. The lowest BCUT2D eigenvalue weighted by Gasteiger charge is -1.86. The van der Waals surface area contributed by atoms with E-state index in [9.17, 15) is 0 Å². The van der Waals surface area contributed by atoms with Crippen LogP contribution in [0.25, 0.3) is 0 Å². The number of rotatable bonds is 0. The molecular formula is C6H5N2. The summed E-state index contributed by atoms with van der Waals surface area (Å²) in [5, 5.41) is 0. The van der Waals surface area contributed by atoms with Gasteiger partial charge in [0.05, 0.1) is 0 Å². The second-order valence-electron chi connectivity index (χ2n) is 1.49. The first-order chi connectivity index (χ1) is 3.84. The molecule has 1 rings (SSSR count). The van der Waals surface area contributed by atoms with Gasteiger partial charge in [-0.2, -0.15) is 0 Å². The highest BCUT2D eigenvalue weighted by molar-refractivity contribution is 5.12. The molecule has 0 bridgehead atoms. The first kappa shape index (κ1) is 4.92. The highest BCUT2D eigenvalue weighted by Crippen LogP contribution is 1.88. The molecule has 0 aromatic carbocycles. The molecule has 1 radical (unpaired) electrons. The SMILES string of the molecule is [C]#Cc1nccn1C. The number of imidazole rings is 1. The van der Waals surface area contributed by atoms with Gasteiger partial charge in [-0.1, -0.05) is 0 Å². The van der Waals surface area contributed by atoms with Gasteiger partial charge in [0.1, 0.15) is 0 Å². The van der Waals surface area contributed by atoms with Crippen LogP contribution in [-0.2, 0) is 7.05 Å². The molecule has 0 saturated heterocycles. The molecule has 0 unspecified atom stereocenters. The molecule has 8 heavy (non-hydrogen) atoms. The van der Waals surface area contributed by atoms with Crippen LogP contribution in [0.15, 0.2) is 12.4 Å². The van der Waals surface area contributed by atoms with E-state index < -0.39 is 0 Å². The summed E-state index contributed by atoms with van der Waals surface area (Å²) >= 11 is 0. The summed E-state index contributed by atoms with van der Waals surface area (Å²) in [6.45, 7) is 0. The van der Waals surface area contributed by atoms with Gasteiger partial charge in [-0.05, 0) is 12.3 Å². The lowest BCUT2D eigenvalue weighted by atomic mass is 10.6. The third-order valence-electron chi connectivity index (χ3n) is 0.933. The Hall–Kier alpha value is -1.23. The fourth-order valence-electron chi connectivity index (χ4n) is 0.486. The molecule has 0 fully saturated rings. The lowest BCUT2D eigenvalue weighted by Crippen LogP contribution is -1.88. The summed E-state index contributed by atoms with van der Waals surface area (Å²) in [6.07, 6.45) is 10.1. The van der Waals surface area contributed by atoms with E-state index >= 15 is 0 Å². The van der Waals surface area contributed by atoms with Gasteiger partial charge in [0.25, 0.3) is 0 Å². The topological polar surface area (TPSA) is 17.8 Å². The van der Waals surface area contributed by atoms with E-state index in [0.717, 1.165) is 0 Å². The van der Waals surface area contributed by atoms with Gasteiger partial charge >= 0.3 is 0 Å². The zero-order chi connectivity index (χ0) is 5.98. The van der Waals surface area contributed by atoms with Gasteiger partial charge in [-0.3, -0.25) is 0 Å². The van der Waals surface area contributed by atoms with Crippen molar-refractivity contribution < 1.29 is 0 Å². The van der Waals surface area contributed by atoms with Crippen molar-refractivity contribution in [3.05, 3.63) is 24.6 Å². The van der Waals surface area contributed by atoms with Gasteiger partial charge in [0.2, 0.25) is 0 Å². The Morgan fingerprint density at radius 3 is 2.88 bits per heavy atom. The Balaban J connectivity index is 3.15. The maximum atomic E-state index is 6.67. The first-order valence-corrected chi connectivity index (χ1v) is 2.24. The Labute approximate surface area is 48.2 Å². The summed E-state index contributed by atoms with van der Waals surface area (Å²) in [4.78, 5) is 3.80. The van der Waals surface area contributed by atoms with Crippen LogP contribution in [0.3, 0.4) is 0 Å². The molecule has 0 saturated carbocycles. The van der Waals surface area contributed by atoms with Crippen molar-refractivity contribution in [3.8, 4) is 5.92 Å². The van der Waals surface area contributed by atoms with E-state index in [1.165, 1.54) is 0 Å². The molecule has 39 valence electrons. The highest BCUT2D eigenvalue weighted by atomic mass is 15.0. The van der Waals surface area contributed by atoms with Crippen molar-refractivity contribution in [3.63, 3.8) is 0 Å². The van der Waals surface area contributed by atoms with E-state index in [2.05, 4.69) is 10.9 Å². The summed E-state index contributed by atoms with van der Waals surface area (Å²) in [5.74, 6) is 2.74. The molecule has 0 N–H and O–H groups in total. The summed E-state index contributed by atoms with van der Waals surface area (Å²) < 4.78 is 1.73. The molecule has 0 amide bonds. The van der Waals surface area contributed by atoms with Crippen LogP contribution in [-0.4, -0.2) is 9.55 Å². The number of hydrogen-bond donors (Lipinski definition) is 0. The van der Waals surface area contributed by atoms with Crippen LogP contribution in [0.1, 0.15) is 5.82 Å². The maximum absolute atomic E-state index is 6.67.